The van der Waals surface area contributed by atoms with Gasteiger partial charge in [-0.3, -0.25) is 4.79 Å². The fourth-order valence-electron chi connectivity index (χ4n) is 3.09. The van der Waals surface area contributed by atoms with Crippen LogP contribution in [0, 0.1) is 5.92 Å². The minimum Gasteiger partial charge on any atom is -0.493 e. The van der Waals surface area contributed by atoms with Crippen molar-refractivity contribution in [3.05, 3.63) is 23.8 Å². The summed E-state index contributed by atoms with van der Waals surface area (Å²) < 4.78 is 20.3. The lowest BCUT2D eigenvalue weighted by Gasteiger charge is -2.31. The molecule has 1 N–H and O–H groups in total. The number of methoxy groups -OCH3 is 3. The second kappa shape index (κ2) is 10.1. The van der Waals surface area contributed by atoms with E-state index in [4.69, 9.17) is 14.2 Å². The highest BCUT2D eigenvalue weighted by atomic mass is 16.5. The average Bonchev–Trinajstić information content (AvgIpc) is 2.71. The van der Waals surface area contributed by atoms with E-state index in [1.54, 1.807) is 12.1 Å². The van der Waals surface area contributed by atoms with Gasteiger partial charge in [0.2, 0.25) is 0 Å². The monoisotopic (exact) mass is 381 g/mol. The maximum atomic E-state index is 11.6. The molecule has 1 aromatic rings. The van der Waals surface area contributed by atoms with Gasteiger partial charge in [0.25, 0.3) is 0 Å². The molecule has 8 nitrogen and oxygen atoms in total. The zero-order chi connectivity index (χ0) is 19.8. The summed E-state index contributed by atoms with van der Waals surface area (Å²) >= 11 is 0. The van der Waals surface area contributed by atoms with Gasteiger partial charge in [0, 0.05) is 6.54 Å². The zero-order valence-electron chi connectivity index (χ0n) is 16.0. The Hall–Kier alpha value is -2.32. The van der Waals surface area contributed by atoms with Gasteiger partial charge >= 0.3 is 11.9 Å². The Morgan fingerprint density at radius 3 is 2.44 bits per heavy atom. The first-order valence-corrected chi connectivity index (χ1v) is 8.85. The predicted molar refractivity (Wildman–Crippen MR) is 97.0 cm³/mol. The zero-order valence-corrected chi connectivity index (χ0v) is 16.0. The summed E-state index contributed by atoms with van der Waals surface area (Å²) in [6.07, 6.45) is 0.760. The molecule has 8 heteroatoms. The van der Waals surface area contributed by atoms with Crippen LogP contribution in [0.3, 0.4) is 0 Å². The number of piperidine rings is 1. The van der Waals surface area contributed by atoms with Crippen molar-refractivity contribution in [2.24, 2.45) is 5.92 Å². The van der Waals surface area contributed by atoms with Gasteiger partial charge in [-0.1, -0.05) is 0 Å². The fourth-order valence-corrected chi connectivity index (χ4v) is 3.09. The third-order valence-corrected chi connectivity index (χ3v) is 4.61. The lowest BCUT2D eigenvalue weighted by Crippen LogP contribution is -2.42. The maximum Gasteiger partial charge on any atom is 0.337 e. The van der Waals surface area contributed by atoms with Crippen LogP contribution in [0.5, 0.6) is 11.5 Å². The summed E-state index contributed by atoms with van der Waals surface area (Å²) in [6, 6.07) is 4.72. The van der Waals surface area contributed by atoms with Gasteiger partial charge in [0.1, 0.15) is 12.7 Å². The highest BCUT2D eigenvalue weighted by Gasteiger charge is 2.26. The first-order valence-electron chi connectivity index (χ1n) is 8.85. The minimum atomic E-state index is -0.690. The molecule has 1 aliphatic rings. The highest BCUT2D eigenvalue weighted by molar-refractivity contribution is 5.90. The molecule has 1 fully saturated rings. The number of hydrogen-bond donors (Lipinski definition) is 1. The van der Waals surface area contributed by atoms with Crippen LogP contribution >= 0.6 is 0 Å². The van der Waals surface area contributed by atoms with E-state index in [1.165, 1.54) is 27.4 Å². The molecule has 1 aliphatic heterocycles. The van der Waals surface area contributed by atoms with Crippen molar-refractivity contribution in [2.75, 3.05) is 47.6 Å². The van der Waals surface area contributed by atoms with Crippen LogP contribution in [0.2, 0.25) is 0 Å². The van der Waals surface area contributed by atoms with Crippen molar-refractivity contribution >= 4 is 11.9 Å². The first kappa shape index (κ1) is 21.0. The van der Waals surface area contributed by atoms with Gasteiger partial charge < -0.3 is 29.0 Å². The van der Waals surface area contributed by atoms with E-state index in [-0.39, 0.29) is 18.5 Å². The molecule has 1 saturated heterocycles. The Morgan fingerprint density at radius 1 is 1.15 bits per heavy atom. The van der Waals surface area contributed by atoms with Gasteiger partial charge in [-0.25, -0.2) is 4.79 Å². The van der Waals surface area contributed by atoms with Crippen molar-refractivity contribution < 1.29 is 33.6 Å². The highest BCUT2D eigenvalue weighted by Crippen LogP contribution is 2.28. The number of esters is 2. The van der Waals surface area contributed by atoms with E-state index in [2.05, 4.69) is 9.64 Å². The van der Waals surface area contributed by atoms with Crippen molar-refractivity contribution in [3.63, 3.8) is 0 Å². The topological polar surface area (TPSA) is 94.5 Å². The van der Waals surface area contributed by atoms with Crippen LogP contribution in [-0.4, -0.2) is 75.6 Å². The molecule has 0 aliphatic carbocycles. The molecule has 150 valence electrons. The third-order valence-electron chi connectivity index (χ3n) is 4.61. The lowest BCUT2D eigenvalue weighted by molar-refractivity contribution is -0.147. The molecular formula is C19H27NO7. The molecule has 27 heavy (non-hydrogen) atoms. The van der Waals surface area contributed by atoms with Gasteiger partial charge in [-0.05, 0) is 44.1 Å². The molecule has 0 radical (unpaired) electrons. The van der Waals surface area contributed by atoms with Crippen molar-refractivity contribution in [2.45, 2.75) is 18.9 Å². The number of aliphatic hydroxyl groups excluding tert-OH is 1. The van der Waals surface area contributed by atoms with E-state index in [9.17, 15) is 14.7 Å². The summed E-state index contributed by atoms with van der Waals surface area (Å²) in [4.78, 5) is 25.2. The molecule has 0 bridgehead atoms. The standard InChI is InChI=1S/C19H27NO7/c1-24-17-10-14(19(23)26-3)4-5-16(17)27-12-15(21)11-20-8-6-13(7-9-20)18(22)25-2/h4-5,10,13,15,21H,6-9,11-12H2,1-3H3/t15-/m1/s1. The van der Waals surface area contributed by atoms with Crippen LogP contribution in [0.15, 0.2) is 18.2 Å². The van der Waals surface area contributed by atoms with Crippen molar-refractivity contribution in [1.29, 1.82) is 0 Å². The summed E-state index contributed by atoms with van der Waals surface area (Å²) in [5, 5.41) is 10.3. The van der Waals surface area contributed by atoms with E-state index in [1.807, 2.05) is 0 Å². The average molecular weight is 381 g/mol. The molecule has 0 saturated carbocycles. The predicted octanol–water partition coefficient (Wildman–Crippen LogP) is 1.11. The van der Waals surface area contributed by atoms with Gasteiger partial charge in [0.15, 0.2) is 11.5 Å². The van der Waals surface area contributed by atoms with E-state index in [0.717, 1.165) is 25.9 Å². The number of benzene rings is 1. The van der Waals surface area contributed by atoms with Crippen LogP contribution in [0.1, 0.15) is 23.2 Å². The number of nitrogens with zero attached hydrogens (tertiary/aromatic N) is 1. The summed E-state index contributed by atoms with van der Waals surface area (Å²) in [5.41, 5.74) is 0.357. The van der Waals surface area contributed by atoms with E-state index >= 15 is 0 Å². The second-order valence-corrected chi connectivity index (χ2v) is 6.42. The number of rotatable bonds is 8. The van der Waals surface area contributed by atoms with Crippen LogP contribution < -0.4 is 9.47 Å². The van der Waals surface area contributed by atoms with Crippen molar-refractivity contribution in [1.82, 2.24) is 4.90 Å². The Morgan fingerprint density at radius 2 is 1.85 bits per heavy atom. The maximum absolute atomic E-state index is 11.6. The Kier molecular flexibility index (Phi) is 7.87. The number of carbonyl (C=O) groups excluding carboxylic acids is 2. The number of ether oxygens (including phenoxy) is 4. The van der Waals surface area contributed by atoms with Gasteiger partial charge in [-0.15, -0.1) is 0 Å². The Bertz CT molecular complexity index is 641. The van der Waals surface area contributed by atoms with Gasteiger partial charge in [0.05, 0.1) is 32.8 Å². The smallest absolute Gasteiger partial charge is 0.337 e. The number of likely N-dealkylation sites (tertiary alicyclic amines) is 1. The largest absolute Gasteiger partial charge is 0.493 e. The van der Waals surface area contributed by atoms with Crippen molar-refractivity contribution in [3.8, 4) is 11.5 Å². The van der Waals surface area contributed by atoms with E-state index < -0.39 is 12.1 Å². The van der Waals surface area contributed by atoms with Crippen LogP contribution in [-0.2, 0) is 14.3 Å². The number of β-amino-alcohol motifs (C(OH)–C–C–N with tert-alkyl or cyclic N) is 1. The summed E-state index contributed by atoms with van der Waals surface area (Å²) in [7, 11) is 4.19. The molecule has 0 amide bonds. The van der Waals surface area contributed by atoms with E-state index in [0.29, 0.717) is 23.6 Å². The Labute approximate surface area is 159 Å². The molecule has 0 spiro atoms. The number of aliphatic hydroxyl groups is 1. The molecule has 1 atom stereocenters. The van der Waals surface area contributed by atoms with Gasteiger partial charge in [-0.2, -0.15) is 0 Å². The molecule has 0 aromatic heterocycles. The molecular weight excluding hydrogens is 354 g/mol. The molecule has 0 unspecified atom stereocenters. The quantitative estimate of drug-likeness (QED) is 0.669. The minimum absolute atomic E-state index is 0.0581. The second-order valence-electron chi connectivity index (χ2n) is 6.42. The SMILES string of the molecule is COC(=O)c1ccc(OC[C@H](O)CN2CCC(C(=O)OC)CC2)c(OC)c1. The summed E-state index contributed by atoms with van der Waals surface area (Å²) in [6.45, 7) is 2.00. The van der Waals surface area contributed by atoms with Crippen LogP contribution in [0.4, 0.5) is 0 Å². The molecule has 1 heterocycles. The lowest BCUT2D eigenvalue weighted by atomic mass is 9.97. The summed E-state index contributed by atoms with van der Waals surface area (Å²) in [5.74, 6) is 0.145. The Balaban J connectivity index is 1.83. The third kappa shape index (κ3) is 5.83. The number of carbonyl (C=O) groups is 2. The molecule has 1 aromatic carbocycles. The fraction of sp³-hybridized carbons (Fsp3) is 0.579. The molecule has 2 rings (SSSR count). The number of hydrogen-bond acceptors (Lipinski definition) is 8. The first-order chi connectivity index (χ1) is 13.0. The van der Waals surface area contributed by atoms with Crippen LogP contribution in [0.25, 0.3) is 0 Å². The normalized spacial score (nSPS) is 16.4.